The minimum absolute atomic E-state index is 0.0289. The number of phosphoric acid groups is 1. The number of nitrogens with one attached hydrogen (secondary N) is 1. The van der Waals surface area contributed by atoms with E-state index in [1.54, 1.807) is 7.05 Å². The molecule has 0 heterocycles. The zero-order valence-corrected chi connectivity index (χ0v) is 20.6. The van der Waals surface area contributed by atoms with Crippen LogP contribution in [0.2, 0.25) is 0 Å². The topological polar surface area (TPSA) is 73.9 Å². The van der Waals surface area contributed by atoms with Gasteiger partial charge in [0.2, 0.25) is 5.91 Å². The Morgan fingerprint density at radius 1 is 0.970 bits per heavy atom. The molecule has 0 spiro atoms. The second kappa shape index (κ2) is 12.5. The molecular formula is C26H36NO5P. The minimum Gasteiger partial charge on any atom is -0.359 e. The molecule has 1 unspecified atom stereocenters. The van der Waals surface area contributed by atoms with E-state index in [0.717, 1.165) is 38.5 Å². The summed E-state index contributed by atoms with van der Waals surface area (Å²) < 4.78 is 29.6. The van der Waals surface area contributed by atoms with Crippen LogP contribution in [0.1, 0.15) is 62.5 Å². The van der Waals surface area contributed by atoms with Crippen molar-refractivity contribution in [3.8, 4) is 0 Å². The Morgan fingerprint density at radius 2 is 1.55 bits per heavy atom. The van der Waals surface area contributed by atoms with E-state index in [2.05, 4.69) is 53.8 Å². The fraction of sp³-hybridized carbons (Fsp3) is 0.500. The van der Waals surface area contributed by atoms with Crippen molar-refractivity contribution >= 4 is 13.7 Å². The summed E-state index contributed by atoms with van der Waals surface area (Å²) in [4.78, 5) is 11.3. The lowest BCUT2D eigenvalue weighted by Crippen LogP contribution is -2.35. The molecule has 3 rings (SSSR count). The standard InChI is InChI=1S/C26H36NO5P/c1-27-25(28)16-10-5-11-21-31-33(29,30-2)32-24-17-19-26(20-18-24,22-12-6-3-7-13-22)23-14-8-4-9-15-23/h3-4,6-9,12-15,24H,5,10-11,16-21H2,1-2H3,(H,27,28). The third kappa shape index (κ3) is 7.00. The third-order valence-electron chi connectivity index (χ3n) is 6.52. The maximum Gasteiger partial charge on any atom is 0.474 e. The van der Waals surface area contributed by atoms with Gasteiger partial charge in [-0.05, 0) is 49.7 Å². The zero-order valence-electron chi connectivity index (χ0n) is 19.7. The van der Waals surface area contributed by atoms with Crippen molar-refractivity contribution in [3.63, 3.8) is 0 Å². The van der Waals surface area contributed by atoms with Crippen molar-refractivity contribution in [2.45, 2.75) is 62.9 Å². The first kappa shape index (κ1) is 25.6. The van der Waals surface area contributed by atoms with Crippen LogP contribution in [0.4, 0.5) is 0 Å². The van der Waals surface area contributed by atoms with Crippen LogP contribution in [-0.4, -0.2) is 32.8 Å². The Bertz CT molecular complexity index is 856. The molecule has 2 aromatic carbocycles. The summed E-state index contributed by atoms with van der Waals surface area (Å²) in [6, 6.07) is 21.2. The van der Waals surface area contributed by atoms with Crippen LogP contribution in [0.5, 0.6) is 0 Å². The first-order valence-electron chi connectivity index (χ1n) is 11.8. The van der Waals surface area contributed by atoms with Gasteiger partial charge in [0.1, 0.15) is 0 Å². The number of carbonyl (C=O) groups excluding carboxylic acids is 1. The maximum atomic E-state index is 13.0. The summed E-state index contributed by atoms with van der Waals surface area (Å²) >= 11 is 0. The highest BCUT2D eigenvalue weighted by Gasteiger charge is 2.41. The number of phosphoric ester groups is 1. The van der Waals surface area contributed by atoms with Crippen molar-refractivity contribution < 1.29 is 22.9 Å². The molecule has 1 saturated carbocycles. The Hall–Kier alpha value is -1.98. The van der Waals surface area contributed by atoms with E-state index in [9.17, 15) is 9.36 Å². The van der Waals surface area contributed by atoms with Crippen LogP contribution in [0.25, 0.3) is 0 Å². The first-order chi connectivity index (χ1) is 16.0. The van der Waals surface area contributed by atoms with Gasteiger partial charge in [0.25, 0.3) is 0 Å². The van der Waals surface area contributed by atoms with Gasteiger partial charge in [0, 0.05) is 26.0 Å². The van der Waals surface area contributed by atoms with Gasteiger partial charge in [-0.25, -0.2) is 4.57 Å². The molecule has 1 fully saturated rings. The quantitative estimate of drug-likeness (QED) is 0.302. The second-order valence-electron chi connectivity index (χ2n) is 8.57. The maximum absolute atomic E-state index is 13.0. The van der Waals surface area contributed by atoms with Crippen LogP contribution >= 0.6 is 7.82 Å². The monoisotopic (exact) mass is 473 g/mol. The summed E-state index contributed by atoms with van der Waals surface area (Å²) in [5.41, 5.74) is 2.53. The average Bonchev–Trinajstić information content (AvgIpc) is 2.87. The Labute approximate surface area is 197 Å². The van der Waals surface area contributed by atoms with Crippen molar-refractivity contribution in [3.05, 3.63) is 71.8 Å². The molecule has 7 heteroatoms. The summed E-state index contributed by atoms with van der Waals surface area (Å²) in [6.07, 6.45) is 5.93. The zero-order chi connectivity index (χ0) is 23.6. The van der Waals surface area contributed by atoms with E-state index >= 15 is 0 Å². The van der Waals surface area contributed by atoms with Crippen molar-refractivity contribution in [1.82, 2.24) is 5.32 Å². The smallest absolute Gasteiger partial charge is 0.359 e. The third-order valence-corrected chi connectivity index (χ3v) is 8.02. The van der Waals surface area contributed by atoms with E-state index in [-0.39, 0.29) is 24.0 Å². The Morgan fingerprint density at radius 3 is 2.06 bits per heavy atom. The molecule has 1 aliphatic carbocycles. The predicted octanol–water partition coefficient (Wildman–Crippen LogP) is 6.01. The lowest BCUT2D eigenvalue weighted by atomic mass is 9.65. The fourth-order valence-electron chi connectivity index (χ4n) is 4.62. The Balaban J connectivity index is 1.56. The molecule has 0 radical (unpaired) electrons. The molecule has 33 heavy (non-hydrogen) atoms. The number of benzene rings is 2. The highest BCUT2D eigenvalue weighted by molar-refractivity contribution is 7.48. The van der Waals surface area contributed by atoms with E-state index < -0.39 is 7.82 Å². The molecule has 6 nitrogen and oxygen atoms in total. The molecule has 1 amide bonds. The molecule has 0 saturated heterocycles. The number of rotatable bonds is 12. The highest BCUT2D eigenvalue weighted by Crippen LogP contribution is 2.53. The average molecular weight is 474 g/mol. The van der Waals surface area contributed by atoms with Gasteiger partial charge >= 0.3 is 7.82 Å². The molecular weight excluding hydrogens is 437 g/mol. The van der Waals surface area contributed by atoms with Gasteiger partial charge < -0.3 is 5.32 Å². The van der Waals surface area contributed by atoms with Gasteiger partial charge in [0.05, 0.1) is 12.7 Å². The molecule has 180 valence electrons. The van der Waals surface area contributed by atoms with E-state index in [4.69, 9.17) is 13.6 Å². The van der Waals surface area contributed by atoms with Gasteiger partial charge in [-0.2, -0.15) is 0 Å². The molecule has 1 atom stereocenters. The molecule has 0 aromatic heterocycles. The number of amides is 1. The van der Waals surface area contributed by atoms with Crippen LogP contribution in [0, 0.1) is 0 Å². The number of hydrogen-bond donors (Lipinski definition) is 1. The van der Waals surface area contributed by atoms with Crippen LogP contribution in [-0.2, 0) is 28.3 Å². The molecule has 0 bridgehead atoms. The Kier molecular flexibility index (Phi) is 9.69. The molecule has 1 N–H and O–H groups in total. The van der Waals surface area contributed by atoms with E-state index in [0.29, 0.717) is 12.8 Å². The van der Waals surface area contributed by atoms with E-state index in [1.807, 2.05) is 12.1 Å². The van der Waals surface area contributed by atoms with Gasteiger partial charge in [-0.3, -0.25) is 18.4 Å². The van der Waals surface area contributed by atoms with Gasteiger partial charge in [0.15, 0.2) is 0 Å². The van der Waals surface area contributed by atoms with Gasteiger partial charge in [-0.15, -0.1) is 0 Å². The highest BCUT2D eigenvalue weighted by atomic mass is 31.2. The van der Waals surface area contributed by atoms with Crippen LogP contribution in [0.3, 0.4) is 0 Å². The molecule has 1 aliphatic rings. The summed E-state index contributed by atoms with van der Waals surface area (Å²) in [5, 5.41) is 2.61. The summed E-state index contributed by atoms with van der Waals surface area (Å²) in [7, 11) is -0.607. The molecule has 0 aliphatic heterocycles. The van der Waals surface area contributed by atoms with Crippen molar-refractivity contribution in [1.29, 1.82) is 0 Å². The fourth-order valence-corrected chi connectivity index (χ4v) is 5.80. The number of carbonyl (C=O) groups is 1. The van der Waals surface area contributed by atoms with Crippen molar-refractivity contribution in [2.75, 3.05) is 20.8 Å². The number of unbranched alkanes of at least 4 members (excludes halogenated alkanes) is 2. The van der Waals surface area contributed by atoms with Crippen molar-refractivity contribution in [2.24, 2.45) is 0 Å². The van der Waals surface area contributed by atoms with Crippen LogP contribution in [0.15, 0.2) is 60.7 Å². The summed E-state index contributed by atoms with van der Waals surface area (Å²) in [6.45, 7) is 0.281. The van der Waals surface area contributed by atoms with Crippen LogP contribution < -0.4 is 5.32 Å². The normalized spacial score (nSPS) is 17.9. The lowest BCUT2D eigenvalue weighted by Gasteiger charge is -2.41. The SMILES string of the molecule is CNC(=O)CCCCCOP(=O)(OC)OC1CCC(c2ccccc2)(c2ccccc2)CC1. The van der Waals surface area contributed by atoms with E-state index in [1.165, 1.54) is 18.2 Å². The minimum atomic E-state index is -3.61. The predicted molar refractivity (Wildman–Crippen MR) is 130 cm³/mol. The first-order valence-corrected chi connectivity index (χ1v) is 13.3. The lowest BCUT2D eigenvalue weighted by molar-refractivity contribution is -0.120. The molecule has 2 aromatic rings. The van der Waals surface area contributed by atoms with Gasteiger partial charge in [-0.1, -0.05) is 67.1 Å². The summed E-state index contributed by atoms with van der Waals surface area (Å²) in [5.74, 6) is 0.0289. The largest absolute Gasteiger partial charge is 0.474 e. The number of hydrogen-bond acceptors (Lipinski definition) is 5. The second-order valence-corrected chi connectivity index (χ2v) is 10.3.